The molecule has 0 radical (unpaired) electrons. The second kappa shape index (κ2) is 15.3. The number of carbonyl (C=O) groups excluding carboxylic acids is 5. The third-order valence-electron chi connectivity index (χ3n) is 8.93. The summed E-state index contributed by atoms with van der Waals surface area (Å²) >= 11 is 1.58. The molecule has 0 aromatic carbocycles. The molecule has 3 rings (SSSR count). The molecule has 4 amide bonds. The highest BCUT2D eigenvalue weighted by Crippen LogP contribution is 2.31. The molecule has 1 saturated carbocycles. The molecule has 0 spiro atoms. The highest BCUT2D eigenvalue weighted by Gasteiger charge is 2.48. The lowest BCUT2D eigenvalue weighted by molar-refractivity contribution is -0.144. The number of amides is 4. The number of nitrogens with two attached hydrogens (primary N) is 2. The first kappa shape index (κ1) is 37.5. The van der Waals surface area contributed by atoms with Gasteiger partial charge in [-0.2, -0.15) is 11.8 Å². The Morgan fingerprint density at radius 2 is 1.67 bits per heavy atom. The van der Waals surface area contributed by atoms with E-state index >= 15 is 0 Å². The summed E-state index contributed by atoms with van der Waals surface area (Å²) in [6.07, 6.45) is 3.22. The lowest BCUT2D eigenvalue weighted by Gasteiger charge is -2.37. The van der Waals surface area contributed by atoms with Gasteiger partial charge in [0.05, 0.1) is 23.1 Å². The van der Waals surface area contributed by atoms with Gasteiger partial charge in [-0.1, -0.05) is 0 Å². The van der Waals surface area contributed by atoms with Crippen LogP contribution in [0.1, 0.15) is 58.8 Å². The van der Waals surface area contributed by atoms with E-state index in [9.17, 15) is 37.5 Å². The quantitative estimate of drug-likeness (QED) is 0.0610. The van der Waals surface area contributed by atoms with Crippen molar-refractivity contribution in [2.24, 2.45) is 17.5 Å². The topological polar surface area (TPSA) is 246 Å². The third kappa shape index (κ3) is 8.90. The monoisotopic (exact) mass is 688 g/mol. The van der Waals surface area contributed by atoms with Crippen LogP contribution in [0.4, 0.5) is 0 Å². The van der Waals surface area contributed by atoms with Gasteiger partial charge in [0.25, 0.3) is 5.91 Å². The molecular weight excluding hydrogens is 640 g/mol. The van der Waals surface area contributed by atoms with Gasteiger partial charge in [0.2, 0.25) is 33.5 Å². The van der Waals surface area contributed by atoms with Crippen LogP contribution in [0.5, 0.6) is 0 Å². The van der Waals surface area contributed by atoms with Crippen molar-refractivity contribution in [3.63, 3.8) is 0 Å². The van der Waals surface area contributed by atoms with Crippen LogP contribution < -0.4 is 33.0 Å². The van der Waals surface area contributed by atoms with Crippen LogP contribution in [-0.4, -0.2) is 119 Å². The molecule has 16 nitrogen and oxygen atoms in total. The molecule has 3 aliphatic rings. The van der Waals surface area contributed by atoms with Crippen LogP contribution in [0, 0.1) is 5.92 Å². The van der Waals surface area contributed by atoms with Gasteiger partial charge in [-0.25, -0.2) is 12.7 Å². The Balaban J connectivity index is 1.75. The zero-order chi connectivity index (χ0) is 34.4. The van der Waals surface area contributed by atoms with Gasteiger partial charge in [-0.05, 0) is 70.3 Å². The van der Waals surface area contributed by atoms with Gasteiger partial charge >= 0.3 is 0 Å². The smallest absolute Gasteiger partial charge is 0.287 e. The Morgan fingerprint density at radius 3 is 2.20 bits per heavy atom. The third-order valence-corrected chi connectivity index (χ3v) is 12.2. The first-order chi connectivity index (χ1) is 21.4. The van der Waals surface area contributed by atoms with E-state index in [4.69, 9.17) is 11.6 Å². The number of rotatable bonds is 13. The minimum atomic E-state index is -3.43. The lowest BCUT2D eigenvalue weighted by atomic mass is 9.86. The number of ketones is 1. The molecule has 3 fully saturated rings. The number of primary amides is 1. The fourth-order valence-electron chi connectivity index (χ4n) is 6.18. The summed E-state index contributed by atoms with van der Waals surface area (Å²) in [5.41, 5.74) is 5.17. The average molecular weight is 689 g/mol. The fraction of sp³-hybridized carbons (Fsp3) is 0.750. The molecule has 2 saturated heterocycles. The van der Waals surface area contributed by atoms with Gasteiger partial charge in [-0.3, -0.25) is 29.8 Å². The van der Waals surface area contributed by atoms with Crippen LogP contribution in [0.3, 0.4) is 0 Å². The Hall–Kier alpha value is -2.93. The van der Waals surface area contributed by atoms with E-state index in [1.165, 1.54) is 43.3 Å². The molecule has 260 valence electrons. The van der Waals surface area contributed by atoms with Crippen LogP contribution in [-0.2, 0) is 34.0 Å². The largest absolute Gasteiger partial charge is 0.384 e. The number of carbonyl (C=O) groups is 5. The summed E-state index contributed by atoms with van der Waals surface area (Å²) in [7, 11) is -0.477. The Bertz CT molecular complexity index is 1300. The van der Waals surface area contributed by atoms with E-state index in [0.29, 0.717) is 42.9 Å². The molecule has 0 bridgehead atoms. The first-order valence-corrected chi connectivity index (χ1v) is 18.0. The van der Waals surface area contributed by atoms with Crippen molar-refractivity contribution in [3.8, 4) is 0 Å². The Labute approximate surface area is 274 Å². The molecule has 46 heavy (non-hydrogen) atoms. The van der Waals surface area contributed by atoms with E-state index < -0.39 is 74.5 Å². The van der Waals surface area contributed by atoms with E-state index in [2.05, 4.69) is 21.4 Å². The van der Waals surface area contributed by atoms with Crippen molar-refractivity contribution < 1.29 is 37.5 Å². The van der Waals surface area contributed by atoms with Crippen molar-refractivity contribution in [2.45, 2.75) is 87.3 Å². The van der Waals surface area contributed by atoms with Crippen molar-refractivity contribution >= 4 is 51.2 Å². The van der Waals surface area contributed by atoms with Gasteiger partial charge in [0, 0.05) is 38.8 Å². The minimum absolute atomic E-state index is 0.0188. The maximum absolute atomic E-state index is 13.8. The number of nitrogens with zero attached hydrogens (tertiary/aromatic N) is 2. The van der Waals surface area contributed by atoms with Gasteiger partial charge in [0.15, 0.2) is 0 Å². The second-order valence-electron chi connectivity index (χ2n) is 12.8. The number of sulfonamides is 1. The predicted octanol–water partition coefficient (Wildman–Crippen LogP) is -2.38. The predicted molar refractivity (Wildman–Crippen MR) is 172 cm³/mol. The second-order valence-corrected chi connectivity index (χ2v) is 16.5. The molecule has 2 atom stereocenters. The van der Waals surface area contributed by atoms with E-state index in [1.54, 1.807) is 11.8 Å². The molecule has 2 aliphatic heterocycles. The number of hydrazine groups is 1. The first-order valence-electron chi connectivity index (χ1n) is 15.3. The molecule has 9 N–H and O–H groups in total. The van der Waals surface area contributed by atoms with Crippen LogP contribution in [0.2, 0.25) is 0 Å². The highest BCUT2D eigenvalue weighted by atomic mass is 32.2. The maximum Gasteiger partial charge on any atom is 0.287 e. The van der Waals surface area contributed by atoms with E-state index in [-0.39, 0.29) is 31.7 Å². The minimum Gasteiger partial charge on any atom is -0.384 e. The van der Waals surface area contributed by atoms with Gasteiger partial charge in [-0.15, -0.1) is 0 Å². The molecule has 18 heteroatoms. The number of aliphatic hydroxyl groups is 1. The van der Waals surface area contributed by atoms with Crippen LogP contribution in [0.15, 0.2) is 11.9 Å². The van der Waals surface area contributed by atoms with Crippen LogP contribution >= 0.6 is 11.8 Å². The molecular formula is C28H48N8O8S2. The van der Waals surface area contributed by atoms with Gasteiger partial charge in [0.1, 0.15) is 11.6 Å². The fourth-order valence-corrected chi connectivity index (χ4v) is 8.83. The molecule has 0 aromatic rings. The summed E-state index contributed by atoms with van der Waals surface area (Å²) in [5, 5.41) is 18.6. The molecule has 1 aliphatic carbocycles. The zero-order valence-corrected chi connectivity index (χ0v) is 28.5. The number of thioether (sulfide) groups is 1. The summed E-state index contributed by atoms with van der Waals surface area (Å²) in [5.74, 6) is 2.41. The summed E-state index contributed by atoms with van der Waals surface area (Å²) < 4.78 is 26.1. The molecule has 0 unspecified atom stereocenters. The summed E-state index contributed by atoms with van der Waals surface area (Å²) in [6, 6.07) is -1.60. The van der Waals surface area contributed by atoms with E-state index in [0.717, 1.165) is 0 Å². The Kier molecular flexibility index (Phi) is 12.5. The van der Waals surface area contributed by atoms with Crippen LogP contribution in [0.25, 0.3) is 0 Å². The van der Waals surface area contributed by atoms with Crippen molar-refractivity contribution in [2.75, 3.05) is 38.7 Å². The number of hydrogen-bond donors (Lipinski definition) is 7. The normalized spacial score (nSPS) is 25.5. The summed E-state index contributed by atoms with van der Waals surface area (Å²) in [6.45, 7) is 2.67. The number of Topliss-reactive ketones (excluding diaryl/α,β-unsaturated/α-hetero) is 1. The maximum atomic E-state index is 13.8. The van der Waals surface area contributed by atoms with Gasteiger partial charge < -0.3 is 37.1 Å². The lowest BCUT2D eigenvalue weighted by Crippen LogP contribution is -2.63. The van der Waals surface area contributed by atoms with Crippen molar-refractivity contribution in [1.82, 2.24) is 30.6 Å². The molecule has 0 aromatic heterocycles. The molecule has 2 heterocycles. The van der Waals surface area contributed by atoms with Crippen molar-refractivity contribution in [1.29, 1.82) is 0 Å². The van der Waals surface area contributed by atoms with Crippen molar-refractivity contribution in [3.05, 3.63) is 11.9 Å². The van der Waals surface area contributed by atoms with E-state index in [1.807, 2.05) is 0 Å². The standard InChI is InChI=1S/C28H48N8O8S2/c1-27(2,42)21(14-32-30)33-18-13-20(26(41)34-28(23(38)24(29)39)9-11-45-12-10-28)36(16-18)22(37)15-31-25(40)17-5-7-19(8-6-17)46(43,44)35(3)4/h14,17-20,32-33,42H,5-13,15-16,30H2,1-4H3,(H2,29,39)(H,31,40)(H,34,41)/b21-14-/t17?,18-,19?,20-/m0/s1. The number of nitrogens with one attached hydrogen (secondary N) is 4. The number of hydrogen-bond acceptors (Lipinski definition) is 12. The summed E-state index contributed by atoms with van der Waals surface area (Å²) in [4.78, 5) is 66.4. The number of likely N-dealkylation sites (tertiary alicyclic amines) is 1. The average Bonchev–Trinajstić information content (AvgIpc) is 3.43. The Morgan fingerprint density at radius 1 is 1.07 bits per heavy atom. The SMILES string of the molecule is CN(C)S(=O)(=O)C1CCC(C(=O)NCC(=O)N2C[C@@H](N/C(=C\NN)C(C)(C)O)C[C@H]2C(=O)NC2(C(=O)C(N)=O)CCSCC2)CC1. The highest BCUT2D eigenvalue weighted by molar-refractivity contribution is 7.99. The zero-order valence-electron chi connectivity index (χ0n) is 26.8.